The average Bonchev–Trinajstić information content (AvgIpc) is 3.18. The Morgan fingerprint density at radius 3 is 2.56 bits per heavy atom. The smallest absolute Gasteiger partial charge is 0.262 e. The second-order valence-corrected chi connectivity index (χ2v) is 10.6. The number of aryl methyl sites for hydroxylation is 1. The summed E-state index contributed by atoms with van der Waals surface area (Å²) in [4.78, 5) is 23.1. The van der Waals surface area contributed by atoms with Gasteiger partial charge in [-0.15, -0.1) is 0 Å². The molecule has 0 atom stereocenters. The Morgan fingerprint density at radius 2 is 1.94 bits per heavy atom. The highest BCUT2D eigenvalue weighted by Gasteiger charge is 2.25. The molecule has 11 nitrogen and oxygen atoms in total. The Kier molecular flexibility index (Phi) is 9.09. The minimum Gasteiger partial charge on any atom is -0.496 e. The molecule has 36 heavy (non-hydrogen) atoms. The Balaban J connectivity index is 0.000000658. The number of hydrogen-bond donors (Lipinski definition) is 3. The zero-order chi connectivity index (χ0) is 26.5. The molecule has 0 saturated heterocycles. The molecule has 198 valence electrons. The normalized spacial score (nSPS) is 14.4. The van der Waals surface area contributed by atoms with E-state index in [2.05, 4.69) is 15.2 Å². The van der Waals surface area contributed by atoms with Crippen LogP contribution in [-0.2, 0) is 17.2 Å². The van der Waals surface area contributed by atoms with Gasteiger partial charge in [0.25, 0.3) is 15.7 Å². The molecule has 0 aliphatic heterocycles. The first-order valence-electron chi connectivity index (χ1n) is 12.0. The standard InChI is InChI=1S/C23H32N6O2.CH4O3S/c1-24-12-13-28(2)16-10-11-17(18(14-16)31-4)21-25-22-19(23(30)26-21)20(27-29(22)3)15-8-6-5-7-9-15;1-5(2,3)4/h10-11,14-15,24H,5-9,12-13H2,1-4H3,(H,25,26,30);1H3,(H,2,3,4). The number of likely N-dealkylation sites (N-methyl/N-ethyl adjacent to an activating group) is 2. The summed E-state index contributed by atoms with van der Waals surface area (Å²) in [5.74, 6) is 1.51. The summed E-state index contributed by atoms with van der Waals surface area (Å²) < 4.78 is 33.3. The van der Waals surface area contributed by atoms with Crippen LogP contribution in [0.15, 0.2) is 23.0 Å². The van der Waals surface area contributed by atoms with Gasteiger partial charge in [-0.3, -0.25) is 9.35 Å². The average molecular weight is 521 g/mol. The number of aromatic amines is 1. The number of nitrogens with zero attached hydrogens (tertiary/aromatic N) is 4. The van der Waals surface area contributed by atoms with Crippen LogP contribution in [0.3, 0.4) is 0 Å². The van der Waals surface area contributed by atoms with E-state index >= 15 is 0 Å². The summed E-state index contributed by atoms with van der Waals surface area (Å²) in [6, 6.07) is 5.95. The number of aromatic nitrogens is 4. The van der Waals surface area contributed by atoms with Crippen molar-refractivity contribution >= 4 is 26.8 Å². The van der Waals surface area contributed by atoms with Crippen LogP contribution in [0.5, 0.6) is 5.75 Å². The quantitative estimate of drug-likeness (QED) is 0.401. The fraction of sp³-hybridized carbons (Fsp3) is 0.542. The lowest BCUT2D eigenvalue weighted by atomic mass is 9.86. The second kappa shape index (κ2) is 11.8. The van der Waals surface area contributed by atoms with Crippen LogP contribution in [0.2, 0.25) is 0 Å². The van der Waals surface area contributed by atoms with E-state index in [4.69, 9.17) is 19.4 Å². The van der Waals surface area contributed by atoms with Crippen molar-refractivity contribution < 1.29 is 17.7 Å². The van der Waals surface area contributed by atoms with Gasteiger partial charge in [-0.05, 0) is 32.0 Å². The third-order valence-electron chi connectivity index (χ3n) is 6.29. The minimum atomic E-state index is -3.67. The van der Waals surface area contributed by atoms with Gasteiger partial charge in [0, 0.05) is 44.9 Å². The maximum atomic E-state index is 13.1. The van der Waals surface area contributed by atoms with E-state index in [9.17, 15) is 13.2 Å². The minimum absolute atomic E-state index is 0.133. The van der Waals surface area contributed by atoms with E-state index in [0.29, 0.717) is 34.8 Å². The molecule has 1 aliphatic rings. The maximum Gasteiger partial charge on any atom is 0.262 e. The molecule has 12 heteroatoms. The molecular formula is C24H36N6O5S. The summed E-state index contributed by atoms with van der Waals surface area (Å²) >= 11 is 0. The lowest BCUT2D eigenvalue weighted by Gasteiger charge is -2.20. The van der Waals surface area contributed by atoms with E-state index < -0.39 is 10.1 Å². The van der Waals surface area contributed by atoms with E-state index in [0.717, 1.165) is 42.9 Å². The maximum absolute atomic E-state index is 13.1. The molecule has 0 radical (unpaired) electrons. The first-order chi connectivity index (χ1) is 17.0. The SMILES string of the molecule is CNCCN(C)c1ccc(-c2nc3c(c(C4CCCCC4)nn3C)c(=O)[nH]2)c(OC)c1.CS(=O)(=O)O. The number of nitrogens with one attached hydrogen (secondary N) is 2. The fourth-order valence-electron chi connectivity index (χ4n) is 4.50. The van der Waals surface area contributed by atoms with E-state index in [1.54, 1.807) is 11.8 Å². The largest absolute Gasteiger partial charge is 0.496 e. The Hall–Kier alpha value is -2.96. The van der Waals surface area contributed by atoms with Crippen LogP contribution in [0.4, 0.5) is 5.69 Å². The van der Waals surface area contributed by atoms with Gasteiger partial charge in [-0.25, -0.2) is 9.67 Å². The fourth-order valence-corrected chi connectivity index (χ4v) is 4.50. The molecular weight excluding hydrogens is 484 g/mol. The first-order valence-corrected chi connectivity index (χ1v) is 13.8. The van der Waals surface area contributed by atoms with Gasteiger partial charge in [0.15, 0.2) is 5.65 Å². The summed E-state index contributed by atoms with van der Waals surface area (Å²) in [6.45, 7) is 1.76. The lowest BCUT2D eigenvalue weighted by molar-refractivity contribution is 0.416. The van der Waals surface area contributed by atoms with E-state index in [1.807, 2.05) is 39.3 Å². The van der Waals surface area contributed by atoms with Crippen LogP contribution in [-0.4, -0.2) is 73.3 Å². The molecule has 3 aromatic rings. The lowest BCUT2D eigenvalue weighted by Crippen LogP contribution is -2.27. The topological polar surface area (TPSA) is 142 Å². The molecule has 0 unspecified atom stereocenters. The van der Waals surface area contributed by atoms with Gasteiger partial charge < -0.3 is 19.9 Å². The summed E-state index contributed by atoms with van der Waals surface area (Å²) in [6.07, 6.45) is 6.54. The molecule has 1 aromatic carbocycles. The van der Waals surface area contributed by atoms with Gasteiger partial charge in [0.1, 0.15) is 17.0 Å². The third-order valence-corrected chi connectivity index (χ3v) is 6.29. The molecule has 0 amide bonds. The second-order valence-electron chi connectivity index (χ2n) is 9.10. The molecule has 4 rings (SSSR count). The number of ether oxygens (including phenoxy) is 1. The monoisotopic (exact) mass is 520 g/mol. The number of benzene rings is 1. The number of anilines is 1. The third kappa shape index (κ3) is 6.83. The molecule has 3 N–H and O–H groups in total. The predicted octanol–water partition coefficient (Wildman–Crippen LogP) is 2.54. The number of hydrogen-bond acceptors (Lipinski definition) is 8. The van der Waals surface area contributed by atoms with Gasteiger partial charge in [-0.2, -0.15) is 13.5 Å². The van der Waals surface area contributed by atoms with Crippen LogP contribution in [0.1, 0.15) is 43.7 Å². The van der Waals surface area contributed by atoms with E-state index in [1.165, 1.54) is 19.3 Å². The molecule has 1 aliphatic carbocycles. The van der Waals surface area contributed by atoms with Crippen molar-refractivity contribution in [2.24, 2.45) is 7.05 Å². The van der Waals surface area contributed by atoms with Crippen LogP contribution in [0, 0.1) is 0 Å². The highest BCUT2D eigenvalue weighted by atomic mass is 32.2. The molecule has 0 spiro atoms. The Morgan fingerprint density at radius 1 is 1.28 bits per heavy atom. The zero-order valence-corrected chi connectivity index (χ0v) is 22.4. The highest BCUT2D eigenvalue weighted by Crippen LogP contribution is 2.35. The predicted molar refractivity (Wildman–Crippen MR) is 142 cm³/mol. The van der Waals surface area contributed by atoms with Crippen molar-refractivity contribution in [1.82, 2.24) is 25.1 Å². The van der Waals surface area contributed by atoms with Crippen LogP contribution < -0.4 is 20.5 Å². The molecule has 0 bridgehead atoms. The van der Waals surface area contributed by atoms with Crippen molar-refractivity contribution in [2.75, 3.05) is 45.5 Å². The molecule has 2 heterocycles. The van der Waals surface area contributed by atoms with Crippen molar-refractivity contribution in [2.45, 2.75) is 38.0 Å². The van der Waals surface area contributed by atoms with Crippen LogP contribution >= 0.6 is 0 Å². The van der Waals surface area contributed by atoms with Crippen molar-refractivity contribution in [3.05, 3.63) is 34.2 Å². The Bertz CT molecular complexity index is 1340. The zero-order valence-electron chi connectivity index (χ0n) is 21.5. The number of rotatable bonds is 7. The Labute approximate surface area is 211 Å². The van der Waals surface area contributed by atoms with E-state index in [-0.39, 0.29) is 5.56 Å². The van der Waals surface area contributed by atoms with Gasteiger partial charge in [0.05, 0.1) is 24.6 Å². The molecule has 1 fully saturated rings. The van der Waals surface area contributed by atoms with Crippen molar-refractivity contribution in [3.8, 4) is 17.1 Å². The summed E-state index contributed by atoms with van der Waals surface area (Å²) in [5, 5.41) is 8.49. The summed E-state index contributed by atoms with van der Waals surface area (Å²) in [7, 11) is 3.81. The van der Waals surface area contributed by atoms with Gasteiger partial charge in [-0.1, -0.05) is 19.3 Å². The molecule has 1 saturated carbocycles. The highest BCUT2D eigenvalue weighted by molar-refractivity contribution is 7.85. The van der Waals surface area contributed by atoms with Crippen molar-refractivity contribution in [3.63, 3.8) is 0 Å². The first kappa shape index (κ1) is 27.6. The van der Waals surface area contributed by atoms with Gasteiger partial charge >= 0.3 is 0 Å². The van der Waals surface area contributed by atoms with Crippen LogP contribution in [0.25, 0.3) is 22.4 Å². The number of H-pyrrole nitrogens is 1. The number of methoxy groups -OCH3 is 1. The summed E-state index contributed by atoms with van der Waals surface area (Å²) in [5.41, 5.74) is 3.18. The van der Waals surface area contributed by atoms with Crippen molar-refractivity contribution in [1.29, 1.82) is 0 Å². The number of fused-ring (bicyclic) bond motifs is 1. The van der Waals surface area contributed by atoms with Gasteiger partial charge in [0.2, 0.25) is 0 Å². The molecule has 2 aromatic heterocycles.